The summed E-state index contributed by atoms with van der Waals surface area (Å²) in [7, 11) is 2.90. The van der Waals surface area contributed by atoms with Gasteiger partial charge in [0.05, 0.1) is 11.3 Å². The van der Waals surface area contributed by atoms with Crippen LogP contribution in [-0.2, 0) is 29.2 Å². The van der Waals surface area contributed by atoms with Gasteiger partial charge in [0.15, 0.2) is 12.0 Å². The van der Waals surface area contributed by atoms with Gasteiger partial charge in [-0.05, 0) is 35.7 Å². The van der Waals surface area contributed by atoms with E-state index in [9.17, 15) is 4.79 Å². The Kier molecular flexibility index (Phi) is 10.6. The summed E-state index contributed by atoms with van der Waals surface area (Å²) >= 11 is 0. The minimum atomic E-state index is -1.09. The summed E-state index contributed by atoms with van der Waals surface area (Å²) in [5, 5.41) is 0. The van der Waals surface area contributed by atoms with E-state index >= 15 is 4.39 Å². The molecule has 0 saturated carbocycles. The van der Waals surface area contributed by atoms with Gasteiger partial charge in [0.1, 0.15) is 23.7 Å². The Hall–Kier alpha value is -4.98. The van der Waals surface area contributed by atoms with E-state index in [2.05, 4.69) is 0 Å². The van der Waals surface area contributed by atoms with Crippen LogP contribution in [0.4, 0.5) is 10.1 Å². The Balaban J connectivity index is 1.77. The molecule has 0 radical (unpaired) electrons. The molecular formula is C38H36FNO5. The van der Waals surface area contributed by atoms with Crippen LogP contribution in [0, 0.1) is 12.7 Å². The first-order chi connectivity index (χ1) is 22.0. The predicted molar refractivity (Wildman–Crippen MR) is 173 cm³/mol. The second-order valence-electron chi connectivity index (χ2n) is 10.5. The van der Waals surface area contributed by atoms with Crippen molar-refractivity contribution in [1.29, 1.82) is 0 Å². The number of rotatable bonds is 13. The molecule has 0 fully saturated rings. The number of anilines is 1. The highest BCUT2D eigenvalue weighted by atomic mass is 19.1. The van der Waals surface area contributed by atoms with Crippen LogP contribution in [0.2, 0.25) is 0 Å². The van der Waals surface area contributed by atoms with Crippen molar-refractivity contribution in [3.05, 3.63) is 161 Å². The third-order valence-electron chi connectivity index (χ3n) is 7.43. The Labute approximate surface area is 263 Å². The summed E-state index contributed by atoms with van der Waals surface area (Å²) in [6.07, 6.45) is -1.09. The van der Waals surface area contributed by atoms with Gasteiger partial charge in [-0.3, -0.25) is 0 Å². The molecule has 0 aromatic heterocycles. The molecule has 45 heavy (non-hydrogen) atoms. The van der Waals surface area contributed by atoms with Crippen LogP contribution < -0.4 is 14.4 Å². The molecule has 0 aliphatic carbocycles. The minimum absolute atomic E-state index is 0.0110. The van der Waals surface area contributed by atoms with Crippen molar-refractivity contribution in [3.8, 4) is 11.5 Å². The molecule has 230 valence electrons. The Bertz CT molecular complexity index is 1640. The topological polar surface area (TPSA) is 57.2 Å². The fraction of sp³-hybridized carbons (Fsp3) is 0.184. The van der Waals surface area contributed by atoms with Crippen molar-refractivity contribution in [2.24, 2.45) is 0 Å². The molecule has 6 nitrogen and oxygen atoms in total. The number of esters is 1. The summed E-state index contributed by atoms with van der Waals surface area (Å²) in [6.45, 7) is 2.42. The first-order valence-corrected chi connectivity index (χ1v) is 14.7. The quantitative estimate of drug-likeness (QED) is 0.0763. The number of para-hydroxylation sites is 1. The van der Waals surface area contributed by atoms with Crippen molar-refractivity contribution in [1.82, 2.24) is 0 Å². The average Bonchev–Trinajstić information content (AvgIpc) is 3.08. The lowest BCUT2D eigenvalue weighted by atomic mass is 9.97. The monoisotopic (exact) mass is 605 g/mol. The first-order valence-electron chi connectivity index (χ1n) is 14.7. The van der Waals surface area contributed by atoms with Crippen LogP contribution in [0.15, 0.2) is 121 Å². The number of carbonyl (C=O) groups excluding carboxylic acids is 1. The van der Waals surface area contributed by atoms with Gasteiger partial charge < -0.3 is 23.8 Å². The van der Waals surface area contributed by atoms with Crippen molar-refractivity contribution in [2.75, 3.05) is 19.1 Å². The zero-order valence-electron chi connectivity index (χ0n) is 25.6. The van der Waals surface area contributed by atoms with Gasteiger partial charge in [-0.1, -0.05) is 109 Å². The lowest BCUT2D eigenvalue weighted by Gasteiger charge is -2.33. The summed E-state index contributed by atoms with van der Waals surface area (Å²) in [5.74, 6) is -0.866. The number of nitrogens with zero attached hydrogens (tertiary/aromatic N) is 1. The van der Waals surface area contributed by atoms with E-state index in [-0.39, 0.29) is 29.0 Å². The molecule has 5 aromatic carbocycles. The lowest BCUT2D eigenvalue weighted by molar-refractivity contribution is -0.107. The normalized spacial score (nSPS) is 11.0. The molecule has 0 atom stereocenters. The second kappa shape index (κ2) is 15.1. The molecule has 0 amide bonds. The molecule has 0 N–H and O–H groups in total. The molecule has 5 rings (SSSR count). The standard InChI is InChI=1S/C38H36FNO5/c1-27-32(37(41)45-31-22-14-7-15-23-31)36(44-26-30-20-12-6-13-21-30)35(33(34(27)39)38(42-2)43-3)40(24-28-16-8-4-9-17-28)25-29-18-10-5-11-19-29/h4-23,38H,24-26H2,1-3H3. The fourth-order valence-electron chi connectivity index (χ4n) is 5.27. The third kappa shape index (κ3) is 7.58. The number of ether oxygens (including phenoxy) is 4. The summed E-state index contributed by atoms with van der Waals surface area (Å²) < 4.78 is 40.5. The zero-order chi connectivity index (χ0) is 31.6. The van der Waals surface area contributed by atoms with Gasteiger partial charge in [0.25, 0.3) is 0 Å². The van der Waals surface area contributed by atoms with Crippen LogP contribution in [-0.4, -0.2) is 20.2 Å². The van der Waals surface area contributed by atoms with E-state index in [4.69, 9.17) is 18.9 Å². The Morgan fingerprint density at radius 2 is 1.18 bits per heavy atom. The van der Waals surface area contributed by atoms with E-state index in [0.29, 0.717) is 24.5 Å². The summed E-state index contributed by atoms with van der Waals surface area (Å²) in [5.41, 5.74) is 3.36. The molecular weight excluding hydrogens is 569 g/mol. The van der Waals surface area contributed by atoms with Crippen LogP contribution in [0.5, 0.6) is 11.5 Å². The van der Waals surface area contributed by atoms with E-state index in [1.807, 2.05) is 102 Å². The van der Waals surface area contributed by atoms with Gasteiger partial charge in [-0.25, -0.2) is 9.18 Å². The SMILES string of the molecule is COC(OC)c1c(F)c(C)c(C(=O)Oc2ccccc2)c(OCc2ccccc2)c1N(Cc1ccccc1)Cc1ccccc1. The van der Waals surface area contributed by atoms with E-state index < -0.39 is 18.1 Å². The highest BCUT2D eigenvalue weighted by Crippen LogP contribution is 2.45. The molecule has 0 spiro atoms. The van der Waals surface area contributed by atoms with E-state index in [1.54, 1.807) is 31.2 Å². The van der Waals surface area contributed by atoms with E-state index in [0.717, 1.165) is 16.7 Å². The highest BCUT2D eigenvalue weighted by molar-refractivity contribution is 5.98. The smallest absolute Gasteiger partial charge is 0.347 e. The Morgan fingerprint density at radius 3 is 1.67 bits per heavy atom. The van der Waals surface area contributed by atoms with Crippen LogP contribution >= 0.6 is 0 Å². The number of halogens is 1. The number of hydrogen-bond donors (Lipinski definition) is 0. The minimum Gasteiger partial charge on any atom is -0.486 e. The van der Waals surface area contributed by atoms with Gasteiger partial charge >= 0.3 is 5.97 Å². The van der Waals surface area contributed by atoms with Crippen molar-refractivity contribution < 1.29 is 28.1 Å². The van der Waals surface area contributed by atoms with Crippen LogP contribution in [0.25, 0.3) is 0 Å². The summed E-state index contributed by atoms with van der Waals surface area (Å²) in [4.78, 5) is 16.0. The first kappa shape index (κ1) is 31.4. The molecule has 7 heteroatoms. The van der Waals surface area contributed by atoms with Crippen molar-refractivity contribution in [2.45, 2.75) is 32.9 Å². The largest absolute Gasteiger partial charge is 0.486 e. The number of benzene rings is 5. The maximum absolute atomic E-state index is 16.8. The van der Waals surface area contributed by atoms with Crippen molar-refractivity contribution in [3.63, 3.8) is 0 Å². The zero-order valence-corrected chi connectivity index (χ0v) is 25.6. The fourth-order valence-corrected chi connectivity index (χ4v) is 5.27. The molecule has 0 saturated heterocycles. The van der Waals surface area contributed by atoms with Crippen LogP contribution in [0.3, 0.4) is 0 Å². The highest BCUT2D eigenvalue weighted by Gasteiger charge is 2.35. The maximum Gasteiger partial charge on any atom is 0.347 e. The van der Waals surface area contributed by atoms with Crippen LogP contribution in [0.1, 0.15) is 44.5 Å². The van der Waals surface area contributed by atoms with Gasteiger partial charge in [0.2, 0.25) is 0 Å². The van der Waals surface area contributed by atoms with Gasteiger partial charge in [-0.15, -0.1) is 0 Å². The summed E-state index contributed by atoms with van der Waals surface area (Å²) in [6, 6.07) is 38.0. The molecule has 0 bridgehead atoms. The molecule has 0 aliphatic rings. The number of hydrogen-bond acceptors (Lipinski definition) is 6. The molecule has 0 unspecified atom stereocenters. The Morgan fingerprint density at radius 1 is 0.711 bits per heavy atom. The van der Waals surface area contributed by atoms with E-state index in [1.165, 1.54) is 14.2 Å². The predicted octanol–water partition coefficient (Wildman–Crippen LogP) is 8.43. The lowest BCUT2D eigenvalue weighted by Crippen LogP contribution is -2.28. The second-order valence-corrected chi connectivity index (χ2v) is 10.5. The average molecular weight is 606 g/mol. The number of carbonyl (C=O) groups is 1. The molecule has 0 heterocycles. The van der Waals surface area contributed by atoms with Gasteiger partial charge in [0, 0.05) is 32.9 Å². The molecule has 5 aromatic rings. The molecule has 0 aliphatic heterocycles. The maximum atomic E-state index is 16.8. The number of methoxy groups -OCH3 is 2. The van der Waals surface area contributed by atoms with Gasteiger partial charge in [-0.2, -0.15) is 0 Å². The third-order valence-corrected chi connectivity index (χ3v) is 7.43. The van der Waals surface area contributed by atoms with Crippen molar-refractivity contribution >= 4 is 11.7 Å².